The number of hydrogen-bond donors (Lipinski definition) is 0. The topological polar surface area (TPSA) is 18.5 Å². The van der Waals surface area contributed by atoms with E-state index < -0.39 is 0 Å². The third-order valence-electron chi connectivity index (χ3n) is 2.25. The van der Waals surface area contributed by atoms with Gasteiger partial charge in [0.1, 0.15) is 0 Å². The van der Waals surface area contributed by atoms with Gasteiger partial charge in [0.2, 0.25) is 0 Å². The molecule has 0 aromatic heterocycles. The Kier molecular flexibility index (Phi) is 3.16. The van der Waals surface area contributed by atoms with Crippen molar-refractivity contribution in [1.29, 1.82) is 0 Å². The highest BCUT2D eigenvalue weighted by atomic mass is 16.5. The maximum Gasteiger partial charge on any atom is 0.0832 e. The molecule has 0 N–H and O–H groups in total. The molecule has 0 bridgehead atoms. The van der Waals surface area contributed by atoms with E-state index in [0.717, 1.165) is 12.8 Å². The lowest BCUT2D eigenvalue weighted by Crippen LogP contribution is -2.32. The van der Waals surface area contributed by atoms with E-state index in [4.69, 9.17) is 9.47 Å². The van der Waals surface area contributed by atoms with E-state index in [1.807, 2.05) is 0 Å². The molecule has 1 aliphatic carbocycles. The molecule has 0 radical (unpaired) electrons. The number of methoxy groups -OCH3 is 2. The van der Waals surface area contributed by atoms with Crippen LogP contribution in [0.15, 0.2) is 0 Å². The fourth-order valence-electron chi connectivity index (χ4n) is 1.60. The zero-order valence-electron chi connectivity index (χ0n) is 6.80. The summed E-state index contributed by atoms with van der Waals surface area (Å²) in [6.45, 7) is 0. The monoisotopic (exact) mass is 144 g/mol. The Balaban J connectivity index is 2.34. The Morgan fingerprint density at radius 2 is 1.30 bits per heavy atom. The smallest absolute Gasteiger partial charge is 0.0832 e. The SMILES string of the molecule is CO[C@@H]1CCCC[C@H]1OC. The van der Waals surface area contributed by atoms with Crippen LogP contribution in [0.4, 0.5) is 0 Å². The number of ether oxygens (including phenoxy) is 2. The van der Waals surface area contributed by atoms with Crippen LogP contribution < -0.4 is 0 Å². The average molecular weight is 144 g/mol. The van der Waals surface area contributed by atoms with Crippen molar-refractivity contribution >= 4 is 0 Å². The highest BCUT2D eigenvalue weighted by Gasteiger charge is 2.23. The largest absolute Gasteiger partial charge is 0.379 e. The fourth-order valence-corrected chi connectivity index (χ4v) is 1.60. The number of hydrogen-bond acceptors (Lipinski definition) is 2. The Bertz CT molecular complexity index is 81.3. The minimum atomic E-state index is 0.346. The van der Waals surface area contributed by atoms with Gasteiger partial charge in [-0.15, -0.1) is 0 Å². The molecule has 0 aliphatic heterocycles. The van der Waals surface area contributed by atoms with Crippen LogP contribution in [0.1, 0.15) is 25.7 Å². The summed E-state index contributed by atoms with van der Waals surface area (Å²) in [7, 11) is 3.53. The summed E-state index contributed by atoms with van der Waals surface area (Å²) in [5.74, 6) is 0. The third kappa shape index (κ3) is 1.70. The lowest BCUT2D eigenvalue weighted by atomic mass is 9.95. The van der Waals surface area contributed by atoms with Crippen molar-refractivity contribution in [2.24, 2.45) is 0 Å². The third-order valence-corrected chi connectivity index (χ3v) is 2.25. The Hall–Kier alpha value is -0.0800. The molecular formula is C8H16O2. The predicted octanol–water partition coefficient (Wildman–Crippen LogP) is 1.59. The van der Waals surface area contributed by atoms with Crippen LogP contribution >= 0.6 is 0 Å². The molecule has 0 aromatic rings. The molecule has 0 unspecified atom stereocenters. The second-order valence-corrected chi connectivity index (χ2v) is 2.83. The average Bonchev–Trinajstić information content (AvgIpc) is 2.04. The zero-order chi connectivity index (χ0) is 7.40. The first-order valence-electron chi connectivity index (χ1n) is 3.94. The van der Waals surface area contributed by atoms with Gasteiger partial charge in [-0.2, -0.15) is 0 Å². The molecule has 2 atom stereocenters. The summed E-state index contributed by atoms with van der Waals surface area (Å²) < 4.78 is 10.5. The first kappa shape index (κ1) is 8.02. The van der Waals surface area contributed by atoms with Crippen molar-refractivity contribution in [2.45, 2.75) is 37.9 Å². The first-order valence-corrected chi connectivity index (χ1v) is 3.94. The normalized spacial score (nSPS) is 34.2. The van der Waals surface area contributed by atoms with Crippen molar-refractivity contribution in [1.82, 2.24) is 0 Å². The van der Waals surface area contributed by atoms with E-state index in [0.29, 0.717) is 12.2 Å². The fraction of sp³-hybridized carbons (Fsp3) is 1.00. The molecule has 1 rings (SSSR count). The van der Waals surface area contributed by atoms with Crippen LogP contribution in [0.2, 0.25) is 0 Å². The lowest BCUT2D eigenvalue weighted by Gasteiger charge is -2.28. The first-order chi connectivity index (χ1) is 4.88. The van der Waals surface area contributed by atoms with Crippen LogP contribution in [0, 0.1) is 0 Å². The van der Waals surface area contributed by atoms with Crippen LogP contribution in [0.5, 0.6) is 0 Å². The van der Waals surface area contributed by atoms with Crippen molar-refractivity contribution in [2.75, 3.05) is 14.2 Å². The Morgan fingerprint density at radius 1 is 0.900 bits per heavy atom. The summed E-state index contributed by atoms with van der Waals surface area (Å²) >= 11 is 0. The van der Waals surface area contributed by atoms with Gasteiger partial charge in [-0.1, -0.05) is 12.8 Å². The molecule has 2 heteroatoms. The Morgan fingerprint density at radius 3 is 1.60 bits per heavy atom. The van der Waals surface area contributed by atoms with Gasteiger partial charge in [-0.25, -0.2) is 0 Å². The maximum atomic E-state index is 5.27. The summed E-state index contributed by atoms with van der Waals surface area (Å²) in [5.41, 5.74) is 0. The summed E-state index contributed by atoms with van der Waals surface area (Å²) in [6, 6.07) is 0. The minimum Gasteiger partial charge on any atom is -0.379 e. The van der Waals surface area contributed by atoms with Crippen LogP contribution in [0.3, 0.4) is 0 Å². The van der Waals surface area contributed by atoms with Crippen molar-refractivity contribution < 1.29 is 9.47 Å². The predicted molar refractivity (Wildman–Crippen MR) is 40.1 cm³/mol. The van der Waals surface area contributed by atoms with E-state index in [2.05, 4.69) is 0 Å². The summed E-state index contributed by atoms with van der Waals surface area (Å²) in [5, 5.41) is 0. The molecule has 2 nitrogen and oxygen atoms in total. The molecule has 0 aromatic carbocycles. The van der Waals surface area contributed by atoms with Crippen LogP contribution in [-0.4, -0.2) is 26.4 Å². The van der Waals surface area contributed by atoms with Crippen molar-refractivity contribution in [3.63, 3.8) is 0 Å². The van der Waals surface area contributed by atoms with E-state index in [1.54, 1.807) is 14.2 Å². The molecule has 1 fully saturated rings. The van der Waals surface area contributed by atoms with E-state index in [1.165, 1.54) is 12.8 Å². The van der Waals surface area contributed by atoms with E-state index in [-0.39, 0.29) is 0 Å². The molecule has 0 saturated heterocycles. The highest BCUT2D eigenvalue weighted by Crippen LogP contribution is 2.22. The van der Waals surface area contributed by atoms with Crippen LogP contribution in [-0.2, 0) is 9.47 Å². The summed E-state index contributed by atoms with van der Waals surface area (Å²) in [6.07, 6.45) is 5.60. The van der Waals surface area contributed by atoms with Gasteiger partial charge in [0.25, 0.3) is 0 Å². The molecular weight excluding hydrogens is 128 g/mol. The maximum absolute atomic E-state index is 5.27. The van der Waals surface area contributed by atoms with Crippen LogP contribution in [0.25, 0.3) is 0 Å². The van der Waals surface area contributed by atoms with Gasteiger partial charge in [-0.05, 0) is 12.8 Å². The molecule has 1 saturated carbocycles. The zero-order valence-corrected chi connectivity index (χ0v) is 6.80. The van der Waals surface area contributed by atoms with Gasteiger partial charge in [0, 0.05) is 14.2 Å². The van der Waals surface area contributed by atoms with Crippen molar-refractivity contribution in [3.8, 4) is 0 Å². The minimum absolute atomic E-state index is 0.346. The molecule has 0 heterocycles. The molecule has 0 spiro atoms. The molecule has 10 heavy (non-hydrogen) atoms. The molecule has 1 aliphatic rings. The summed E-state index contributed by atoms with van der Waals surface area (Å²) in [4.78, 5) is 0. The van der Waals surface area contributed by atoms with Gasteiger partial charge >= 0.3 is 0 Å². The van der Waals surface area contributed by atoms with Gasteiger partial charge in [0.15, 0.2) is 0 Å². The van der Waals surface area contributed by atoms with Gasteiger partial charge < -0.3 is 9.47 Å². The standard InChI is InChI=1S/C8H16O2/c1-9-7-5-3-4-6-8(7)10-2/h7-8H,3-6H2,1-2H3/t7-,8-/m1/s1. The lowest BCUT2D eigenvalue weighted by molar-refractivity contribution is -0.0577. The quantitative estimate of drug-likeness (QED) is 0.586. The van der Waals surface area contributed by atoms with E-state index in [9.17, 15) is 0 Å². The van der Waals surface area contributed by atoms with Crippen molar-refractivity contribution in [3.05, 3.63) is 0 Å². The molecule has 60 valence electrons. The second-order valence-electron chi connectivity index (χ2n) is 2.83. The second kappa shape index (κ2) is 3.94. The van der Waals surface area contributed by atoms with Gasteiger partial charge in [0.05, 0.1) is 12.2 Å². The van der Waals surface area contributed by atoms with E-state index >= 15 is 0 Å². The van der Waals surface area contributed by atoms with Gasteiger partial charge in [-0.3, -0.25) is 0 Å². The Labute approximate surface area is 62.5 Å². The highest BCUT2D eigenvalue weighted by molar-refractivity contribution is 4.75. The molecule has 0 amide bonds. The number of rotatable bonds is 2.